The summed E-state index contributed by atoms with van der Waals surface area (Å²) >= 11 is 5.86. The van der Waals surface area contributed by atoms with Gasteiger partial charge in [0.1, 0.15) is 17.5 Å². The highest BCUT2D eigenvalue weighted by molar-refractivity contribution is 6.30. The second kappa shape index (κ2) is 8.76. The number of morpholine rings is 1. The van der Waals surface area contributed by atoms with Crippen molar-refractivity contribution in [3.8, 4) is 0 Å². The Hall–Kier alpha value is -2.97. The predicted molar refractivity (Wildman–Crippen MR) is 119 cm³/mol. The highest BCUT2D eigenvalue weighted by Crippen LogP contribution is 2.36. The second-order valence-electron chi connectivity index (χ2n) is 8.98. The Bertz CT molecular complexity index is 1080. The lowest BCUT2D eigenvalue weighted by molar-refractivity contribution is -0.0670. The molecule has 2 aromatic rings. The number of hydrogen-bond acceptors (Lipinski definition) is 5. The molecule has 0 spiro atoms. The Morgan fingerprint density at radius 2 is 1.79 bits per heavy atom. The summed E-state index contributed by atoms with van der Waals surface area (Å²) in [5.41, 5.74) is 0.178. The van der Waals surface area contributed by atoms with E-state index in [1.807, 2.05) is 0 Å². The molecule has 1 fully saturated rings. The van der Waals surface area contributed by atoms with Gasteiger partial charge in [0.2, 0.25) is 0 Å². The molecule has 7 nitrogen and oxygen atoms in total. The molecule has 33 heavy (non-hydrogen) atoms. The first-order valence-electron chi connectivity index (χ1n) is 10.6. The van der Waals surface area contributed by atoms with Gasteiger partial charge in [-0.15, -0.1) is 0 Å². The van der Waals surface area contributed by atoms with E-state index in [2.05, 4.69) is 0 Å². The number of rotatable bonds is 3. The molecule has 2 heterocycles. The van der Waals surface area contributed by atoms with E-state index in [1.54, 1.807) is 51.1 Å². The molecule has 0 radical (unpaired) electrons. The van der Waals surface area contributed by atoms with Crippen LogP contribution in [0, 0.1) is 5.82 Å². The fourth-order valence-corrected chi connectivity index (χ4v) is 4.16. The Morgan fingerprint density at radius 1 is 1.15 bits per heavy atom. The topological polar surface area (TPSA) is 76.2 Å². The van der Waals surface area contributed by atoms with Gasteiger partial charge in [-0.05, 0) is 50.6 Å². The van der Waals surface area contributed by atoms with E-state index in [0.29, 0.717) is 5.56 Å². The van der Waals surface area contributed by atoms with Crippen LogP contribution in [0.2, 0.25) is 5.02 Å². The molecule has 0 unspecified atom stereocenters. The zero-order chi connectivity index (χ0) is 23.9. The lowest BCUT2D eigenvalue weighted by Gasteiger charge is -2.40. The number of nitrogens with zero attached hydrogens (tertiary/aromatic N) is 2. The Morgan fingerprint density at radius 3 is 2.36 bits per heavy atom. The fraction of sp³-hybridized carbons (Fsp3) is 0.375. The molecule has 0 N–H and O–H groups in total. The monoisotopic (exact) mass is 474 g/mol. The molecular weight excluding hydrogens is 451 g/mol. The van der Waals surface area contributed by atoms with E-state index >= 15 is 0 Å². The van der Waals surface area contributed by atoms with Crippen molar-refractivity contribution in [2.24, 2.45) is 0 Å². The zero-order valence-electron chi connectivity index (χ0n) is 18.5. The van der Waals surface area contributed by atoms with Gasteiger partial charge >= 0.3 is 6.09 Å². The van der Waals surface area contributed by atoms with E-state index in [-0.39, 0.29) is 35.8 Å². The lowest BCUT2D eigenvalue weighted by atomic mass is 9.98. The Kier molecular flexibility index (Phi) is 6.16. The van der Waals surface area contributed by atoms with Crippen LogP contribution in [0.5, 0.6) is 0 Å². The number of amides is 3. The van der Waals surface area contributed by atoms with Crippen LogP contribution in [0.15, 0.2) is 42.5 Å². The molecule has 2 aliphatic heterocycles. The SMILES string of the molecule is CC(C)(C)OC(=O)N1CCO[C@H]([C@H](c2ccc(Cl)c(F)c2)N2C(=O)c3ccccc3C2=O)C1. The Balaban J connectivity index is 1.71. The van der Waals surface area contributed by atoms with Crippen LogP contribution in [-0.2, 0) is 9.47 Å². The van der Waals surface area contributed by atoms with Crippen molar-refractivity contribution in [3.05, 3.63) is 70.0 Å². The number of ether oxygens (including phenoxy) is 2. The molecule has 0 saturated carbocycles. The van der Waals surface area contributed by atoms with Crippen LogP contribution in [-0.4, -0.2) is 59.1 Å². The summed E-state index contributed by atoms with van der Waals surface area (Å²) in [6, 6.07) is 9.62. The minimum Gasteiger partial charge on any atom is -0.444 e. The summed E-state index contributed by atoms with van der Waals surface area (Å²) in [5, 5.41) is -0.0835. The van der Waals surface area contributed by atoms with Gasteiger partial charge in [-0.2, -0.15) is 0 Å². The van der Waals surface area contributed by atoms with Crippen LogP contribution in [0.25, 0.3) is 0 Å². The molecule has 2 atom stereocenters. The van der Waals surface area contributed by atoms with Crippen molar-refractivity contribution in [1.29, 1.82) is 0 Å². The van der Waals surface area contributed by atoms with Crippen molar-refractivity contribution < 1.29 is 28.2 Å². The van der Waals surface area contributed by atoms with Crippen molar-refractivity contribution in [1.82, 2.24) is 9.80 Å². The van der Waals surface area contributed by atoms with E-state index in [9.17, 15) is 18.8 Å². The fourth-order valence-electron chi connectivity index (χ4n) is 4.05. The smallest absolute Gasteiger partial charge is 0.410 e. The number of halogens is 2. The van der Waals surface area contributed by atoms with Gasteiger partial charge in [0.05, 0.1) is 35.3 Å². The molecule has 0 aromatic heterocycles. The molecule has 174 valence electrons. The molecule has 2 aliphatic rings. The average Bonchev–Trinajstić information content (AvgIpc) is 3.01. The summed E-state index contributed by atoms with van der Waals surface area (Å²) in [7, 11) is 0. The third-order valence-corrected chi connectivity index (χ3v) is 5.79. The molecule has 1 saturated heterocycles. The van der Waals surface area contributed by atoms with Gasteiger partial charge in [0.25, 0.3) is 11.8 Å². The molecule has 0 bridgehead atoms. The van der Waals surface area contributed by atoms with E-state index in [4.69, 9.17) is 21.1 Å². The normalized spacial score (nSPS) is 19.5. The number of benzene rings is 2. The molecule has 3 amide bonds. The van der Waals surface area contributed by atoms with Gasteiger partial charge in [-0.25, -0.2) is 9.18 Å². The minimum absolute atomic E-state index is 0.0528. The van der Waals surface area contributed by atoms with Crippen molar-refractivity contribution in [3.63, 3.8) is 0 Å². The molecule has 2 aromatic carbocycles. The highest BCUT2D eigenvalue weighted by Gasteiger charge is 2.45. The molecular formula is C24H24ClFN2O5. The first kappa shape index (κ1) is 23.2. The van der Waals surface area contributed by atoms with Crippen molar-refractivity contribution in [2.45, 2.75) is 38.5 Å². The first-order valence-corrected chi connectivity index (χ1v) is 11.0. The number of hydrogen-bond donors (Lipinski definition) is 0. The minimum atomic E-state index is -0.977. The maximum absolute atomic E-state index is 14.4. The third-order valence-electron chi connectivity index (χ3n) is 5.49. The van der Waals surface area contributed by atoms with E-state index in [0.717, 1.165) is 4.90 Å². The number of carbonyl (C=O) groups excluding carboxylic acids is 3. The van der Waals surface area contributed by atoms with Crippen molar-refractivity contribution >= 4 is 29.5 Å². The largest absolute Gasteiger partial charge is 0.444 e. The summed E-state index contributed by atoms with van der Waals surface area (Å²) in [4.78, 5) is 41.7. The first-order chi connectivity index (χ1) is 15.6. The van der Waals surface area contributed by atoms with Gasteiger partial charge in [0.15, 0.2) is 0 Å². The number of fused-ring (bicyclic) bond motifs is 1. The summed E-state index contributed by atoms with van der Waals surface area (Å²) in [6.07, 6.45) is -1.33. The van der Waals surface area contributed by atoms with Crippen LogP contribution in [0.1, 0.15) is 53.1 Å². The van der Waals surface area contributed by atoms with Crippen LogP contribution in [0.3, 0.4) is 0 Å². The third kappa shape index (κ3) is 4.58. The van der Waals surface area contributed by atoms with Crippen LogP contribution < -0.4 is 0 Å². The van der Waals surface area contributed by atoms with E-state index < -0.39 is 41.5 Å². The number of carbonyl (C=O) groups is 3. The van der Waals surface area contributed by atoms with Crippen LogP contribution in [0.4, 0.5) is 9.18 Å². The maximum atomic E-state index is 14.4. The molecule has 9 heteroatoms. The van der Waals surface area contributed by atoms with E-state index in [1.165, 1.54) is 17.0 Å². The van der Waals surface area contributed by atoms with Gasteiger partial charge in [-0.1, -0.05) is 29.8 Å². The molecule has 0 aliphatic carbocycles. The van der Waals surface area contributed by atoms with Crippen molar-refractivity contribution in [2.75, 3.05) is 19.7 Å². The van der Waals surface area contributed by atoms with Gasteiger partial charge in [0, 0.05) is 6.54 Å². The summed E-state index contributed by atoms with van der Waals surface area (Å²) in [5.74, 6) is -1.70. The average molecular weight is 475 g/mol. The Labute approximate surface area is 196 Å². The van der Waals surface area contributed by atoms with Crippen LogP contribution >= 0.6 is 11.6 Å². The molecule has 4 rings (SSSR count). The summed E-state index contributed by atoms with van der Waals surface area (Å²) < 4.78 is 25.8. The standard InChI is InChI=1S/C24H24ClFN2O5/c1-24(2,3)33-23(31)27-10-11-32-19(13-27)20(14-8-9-17(25)18(26)12-14)28-21(29)15-6-4-5-7-16(15)22(28)30/h4-9,12,19-20H,10-11,13H2,1-3H3/t19-,20-/m0/s1. The maximum Gasteiger partial charge on any atom is 0.410 e. The number of imide groups is 1. The predicted octanol–water partition coefficient (Wildman–Crippen LogP) is 4.45. The zero-order valence-corrected chi connectivity index (χ0v) is 19.3. The quantitative estimate of drug-likeness (QED) is 0.614. The highest BCUT2D eigenvalue weighted by atomic mass is 35.5. The van der Waals surface area contributed by atoms with Gasteiger partial charge < -0.3 is 14.4 Å². The summed E-state index contributed by atoms with van der Waals surface area (Å²) in [6.45, 7) is 5.80. The van der Waals surface area contributed by atoms with Gasteiger partial charge in [-0.3, -0.25) is 14.5 Å². The lowest BCUT2D eigenvalue weighted by Crippen LogP contribution is -2.53. The second-order valence-corrected chi connectivity index (χ2v) is 9.39.